The van der Waals surface area contributed by atoms with E-state index in [9.17, 15) is 14.9 Å². The number of carboxylic acid groups (broad SMARTS) is 1. The minimum Gasteiger partial charge on any atom is -0.478 e. The molecule has 1 atom stereocenters. The topological polar surface area (TPSA) is 121 Å². The third kappa shape index (κ3) is 5.00. The number of hydrogen-bond donors (Lipinski definition) is 1. The van der Waals surface area contributed by atoms with Crippen molar-refractivity contribution in [2.45, 2.75) is 38.6 Å². The summed E-state index contributed by atoms with van der Waals surface area (Å²) in [5, 5.41) is 21.8. The summed E-state index contributed by atoms with van der Waals surface area (Å²) in [5.74, 6) is -0.495. The van der Waals surface area contributed by atoms with Gasteiger partial charge in [-0.25, -0.2) is 14.8 Å². The molecule has 0 amide bonds. The van der Waals surface area contributed by atoms with Crippen molar-refractivity contribution in [2.75, 3.05) is 24.7 Å². The molecule has 3 aromatic heterocycles. The molecule has 1 unspecified atom stereocenters. The van der Waals surface area contributed by atoms with Gasteiger partial charge in [-0.1, -0.05) is 13.8 Å². The lowest BCUT2D eigenvalue weighted by atomic mass is 10.1. The van der Waals surface area contributed by atoms with Crippen molar-refractivity contribution in [2.24, 2.45) is 0 Å². The second kappa shape index (κ2) is 10.2. The number of aromatic nitrogens is 3. The molecule has 4 rings (SSSR count). The quantitative estimate of drug-likeness (QED) is 0.514. The lowest BCUT2D eigenvalue weighted by Gasteiger charge is -2.33. The van der Waals surface area contributed by atoms with Gasteiger partial charge in [-0.2, -0.15) is 5.26 Å². The number of carbonyl (C=O) groups is 1. The summed E-state index contributed by atoms with van der Waals surface area (Å²) < 4.78 is 6.80. The summed E-state index contributed by atoms with van der Waals surface area (Å²) in [4.78, 5) is 35.5. The van der Waals surface area contributed by atoms with Crippen LogP contribution in [0, 0.1) is 11.3 Å². The molecule has 0 aromatic carbocycles. The minimum absolute atomic E-state index is 0.124. The highest BCUT2D eigenvalue weighted by atomic mass is 32.1. The van der Waals surface area contributed by atoms with E-state index in [1.54, 1.807) is 22.4 Å². The Labute approximate surface area is 200 Å². The van der Waals surface area contributed by atoms with Gasteiger partial charge in [0.2, 0.25) is 0 Å². The van der Waals surface area contributed by atoms with Gasteiger partial charge in [0.25, 0.3) is 5.56 Å². The first kappa shape index (κ1) is 23.6. The number of carboxylic acids is 1. The van der Waals surface area contributed by atoms with Crippen LogP contribution in [-0.2, 0) is 22.4 Å². The molecule has 1 saturated heterocycles. The van der Waals surface area contributed by atoms with Crippen LogP contribution in [0.25, 0.3) is 11.7 Å². The highest BCUT2D eigenvalue weighted by Gasteiger charge is 2.27. The number of aliphatic carboxylic acids is 1. The second-order valence-corrected chi connectivity index (χ2v) is 9.27. The first-order valence-corrected chi connectivity index (χ1v) is 11.9. The first-order chi connectivity index (χ1) is 16.4. The average Bonchev–Trinajstić information content (AvgIpc) is 3.31. The van der Waals surface area contributed by atoms with Gasteiger partial charge in [0.1, 0.15) is 17.5 Å². The van der Waals surface area contributed by atoms with E-state index in [-0.39, 0.29) is 18.0 Å². The number of anilines is 1. The Balaban J connectivity index is 1.72. The van der Waals surface area contributed by atoms with Crippen molar-refractivity contribution in [3.8, 4) is 6.07 Å². The summed E-state index contributed by atoms with van der Waals surface area (Å²) in [5.41, 5.74) is 2.27. The summed E-state index contributed by atoms with van der Waals surface area (Å²) in [7, 11) is 0. The standard InChI is InChI=1S/C24H25N5O4S/c1-15(2)19-14-34-21(26-19)5-3-16-7-8-29-20(11-16)27-23(18(24(29)32)4-6-22(30)31)28-9-10-33-13-17(28)12-25/h4,6-8,11,14-15,17H,3,5,9-10,13H2,1-2H3,(H,30,31). The van der Waals surface area contributed by atoms with Gasteiger partial charge in [-0.05, 0) is 36.1 Å². The van der Waals surface area contributed by atoms with Crippen molar-refractivity contribution in [1.29, 1.82) is 5.26 Å². The summed E-state index contributed by atoms with van der Waals surface area (Å²) >= 11 is 1.65. The molecule has 4 heterocycles. The fourth-order valence-corrected chi connectivity index (χ4v) is 4.74. The highest BCUT2D eigenvalue weighted by Crippen LogP contribution is 2.23. The SMILES string of the molecule is CC(C)c1csc(CCc2ccn3c(=O)c(C=CC(=O)O)c(N4CCOCC4C#N)nc3c2)n1. The summed E-state index contributed by atoms with van der Waals surface area (Å²) in [6, 6.07) is 5.28. The number of hydrogen-bond acceptors (Lipinski definition) is 8. The molecule has 0 bridgehead atoms. The van der Waals surface area contributed by atoms with Crippen LogP contribution < -0.4 is 10.5 Å². The van der Waals surface area contributed by atoms with E-state index < -0.39 is 17.6 Å². The predicted octanol–water partition coefficient (Wildman–Crippen LogP) is 2.89. The van der Waals surface area contributed by atoms with Crippen molar-refractivity contribution < 1.29 is 14.6 Å². The van der Waals surface area contributed by atoms with Crippen LogP contribution in [0.4, 0.5) is 5.82 Å². The molecule has 1 N–H and O–H groups in total. The zero-order valence-electron chi connectivity index (χ0n) is 19.0. The van der Waals surface area contributed by atoms with Gasteiger partial charge in [0.15, 0.2) is 0 Å². The first-order valence-electron chi connectivity index (χ1n) is 11.0. The number of rotatable bonds is 7. The number of thiazole rings is 1. The van der Waals surface area contributed by atoms with Gasteiger partial charge in [0, 0.05) is 30.6 Å². The van der Waals surface area contributed by atoms with Gasteiger partial charge in [-0.15, -0.1) is 11.3 Å². The van der Waals surface area contributed by atoms with E-state index in [2.05, 4.69) is 30.3 Å². The Morgan fingerprint density at radius 1 is 1.41 bits per heavy atom. The Morgan fingerprint density at radius 3 is 2.94 bits per heavy atom. The van der Waals surface area contributed by atoms with E-state index >= 15 is 0 Å². The molecule has 9 nitrogen and oxygen atoms in total. The fraction of sp³-hybridized carbons (Fsp3) is 0.375. The van der Waals surface area contributed by atoms with Gasteiger partial charge < -0.3 is 14.7 Å². The molecular weight excluding hydrogens is 454 g/mol. The minimum atomic E-state index is -1.17. The third-order valence-corrected chi connectivity index (χ3v) is 6.57. The molecule has 10 heteroatoms. The number of nitrogens with zero attached hydrogens (tertiary/aromatic N) is 5. The van der Waals surface area contributed by atoms with E-state index in [0.29, 0.717) is 24.7 Å². The van der Waals surface area contributed by atoms with Crippen molar-refractivity contribution in [3.05, 3.63) is 62.0 Å². The molecule has 176 valence electrons. The second-order valence-electron chi connectivity index (χ2n) is 8.32. The van der Waals surface area contributed by atoms with Gasteiger partial charge in [-0.3, -0.25) is 9.20 Å². The Kier molecular flexibility index (Phi) is 7.05. The number of pyridine rings is 1. The highest BCUT2D eigenvalue weighted by molar-refractivity contribution is 7.09. The zero-order valence-corrected chi connectivity index (χ0v) is 19.8. The maximum Gasteiger partial charge on any atom is 0.328 e. The molecule has 34 heavy (non-hydrogen) atoms. The number of morpholine rings is 1. The van der Waals surface area contributed by atoms with E-state index in [4.69, 9.17) is 14.8 Å². The van der Waals surface area contributed by atoms with E-state index in [1.807, 2.05) is 12.1 Å². The van der Waals surface area contributed by atoms with Crippen molar-refractivity contribution >= 4 is 34.8 Å². The molecule has 0 spiro atoms. The molecule has 3 aromatic rings. The summed E-state index contributed by atoms with van der Waals surface area (Å²) in [6.45, 7) is 5.18. The maximum atomic E-state index is 13.3. The van der Waals surface area contributed by atoms with Crippen molar-refractivity contribution in [1.82, 2.24) is 14.4 Å². The number of nitriles is 1. The molecular formula is C24H25N5O4S. The lowest BCUT2D eigenvalue weighted by Crippen LogP contribution is -2.46. The Morgan fingerprint density at radius 2 is 2.24 bits per heavy atom. The number of ether oxygens (including phenoxy) is 1. The lowest BCUT2D eigenvalue weighted by molar-refractivity contribution is -0.131. The van der Waals surface area contributed by atoms with Crippen LogP contribution in [0.5, 0.6) is 0 Å². The molecule has 1 aliphatic rings. The van der Waals surface area contributed by atoms with Gasteiger partial charge in [0.05, 0.1) is 35.5 Å². The zero-order chi connectivity index (χ0) is 24.2. The molecule has 0 radical (unpaired) electrons. The van der Waals surface area contributed by atoms with Crippen molar-refractivity contribution in [3.63, 3.8) is 0 Å². The van der Waals surface area contributed by atoms with Crippen LogP contribution in [0.3, 0.4) is 0 Å². The van der Waals surface area contributed by atoms with Gasteiger partial charge >= 0.3 is 5.97 Å². The van der Waals surface area contributed by atoms with E-state index in [0.717, 1.165) is 35.2 Å². The molecule has 0 aliphatic carbocycles. The Bertz CT molecular complexity index is 1340. The Hall–Kier alpha value is -3.55. The van der Waals surface area contributed by atoms with Crippen LogP contribution >= 0.6 is 11.3 Å². The number of aryl methyl sites for hydroxylation is 2. The molecule has 0 saturated carbocycles. The molecule has 1 fully saturated rings. The maximum absolute atomic E-state index is 13.3. The van der Waals surface area contributed by atoms with Crippen LogP contribution in [0.2, 0.25) is 0 Å². The van der Waals surface area contributed by atoms with Crippen LogP contribution in [0.1, 0.15) is 41.6 Å². The van der Waals surface area contributed by atoms with Crippen LogP contribution in [0.15, 0.2) is 34.6 Å². The molecule has 1 aliphatic heterocycles. The smallest absolute Gasteiger partial charge is 0.328 e. The normalized spacial score (nSPS) is 16.4. The fourth-order valence-electron chi connectivity index (χ4n) is 3.78. The monoisotopic (exact) mass is 479 g/mol. The van der Waals surface area contributed by atoms with E-state index in [1.165, 1.54) is 10.5 Å². The van der Waals surface area contributed by atoms with Crippen LogP contribution in [-0.4, -0.2) is 51.2 Å². The summed E-state index contributed by atoms with van der Waals surface area (Å²) in [6.07, 6.45) is 5.33. The third-order valence-electron chi connectivity index (χ3n) is 5.64. The average molecular weight is 480 g/mol. The predicted molar refractivity (Wildman–Crippen MR) is 129 cm³/mol. The number of fused-ring (bicyclic) bond motifs is 1. The largest absolute Gasteiger partial charge is 0.478 e.